The third-order valence-electron chi connectivity index (χ3n) is 7.19. The molecule has 1 aliphatic heterocycles. The number of fused-ring (bicyclic) bond motifs is 1. The van der Waals surface area contributed by atoms with Gasteiger partial charge in [0.2, 0.25) is 0 Å². The molecule has 1 saturated heterocycles. The number of hydrogen-bond donors (Lipinski definition) is 0. The molecule has 0 aliphatic carbocycles. The quantitative estimate of drug-likeness (QED) is 0.238. The number of hydrogen-bond acceptors (Lipinski definition) is 1. The van der Waals surface area contributed by atoms with E-state index in [2.05, 4.69) is 0 Å². The van der Waals surface area contributed by atoms with Crippen LogP contribution >= 0.6 is 0 Å². The molecule has 0 bridgehead atoms. The van der Waals surface area contributed by atoms with Gasteiger partial charge in [0, 0.05) is 42.3 Å². The lowest BCUT2D eigenvalue weighted by Gasteiger charge is -2.32. The number of halogens is 7. The summed E-state index contributed by atoms with van der Waals surface area (Å²) in [6.45, 7) is 1.02. The monoisotopic (exact) mass is 548 g/mol. The second kappa shape index (κ2) is 10.1. The van der Waals surface area contributed by atoms with Gasteiger partial charge in [-0.25, -0.2) is 4.39 Å². The highest BCUT2D eigenvalue weighted by atomic mass is 19.4. The SMILES string of the molecule is O=C(c1ccc(F)c(C(F)(F)F)c1)N1CCC(c2cn(Cc3ccc(C(F)(F)F)cc3)c3ccccc23)CC1. The first-order chi connectivity index (χ1) is 18.4. The Bertz CT molecular complexity index is 1500. The van der Waals surface area contributed by atoms with Crippen molar-refractivity contribution in [3.63, 3.8) is 0 Å². The van der Waals surface area contributed by atoms with E-state index in [0.29, 0.717) is 50.2 Å². The van der Waals surface area contributed by atoms with Crippen LogP contribution in [0.5, 0.6) is 0 Å². The van der Waals surface area contributed by atoms with E-state index >= 15 is 0 Å². The zero-order chi connectivity index (χ0) is 27.9. The van der Waals surface area contributed by atoms with Gasteiger partial charge in [-0.2, -0.15) is 26.3 Å². The van der Waals surface area contributed by atoms with Gasteiger partial charge in [-0.15, -0.1) is 0 Å². The fraction of sp³-hybridized carbons (Fsp3) is 0.276. The molecular formula is C29H23F7N2O. The maximum atomic E-state index is 13.7. The van der Waals surface area contributed by atoms with Gasteiger partial charge in [-0.3, -0.25) is 4.79 Å². The second-order valence-electron chi connectivity index (χ2n) is 9.68. The summed E-state index contributed by atoms with van der Waals surface area (Å²) in [5.74, 6) is -1.93. The van der Waals surface area contributed by atoms with E-state index in [9.17, 15) is 35.5 Å². The summed E-state index contributed by atoms with van der Waals surface area (Å²) in [6, 6.07) is 15.0. The van der Waals surface area contributed by atoms with E-state index in [1.165, 1.54) is 17.0 Å². The van der Waals surface area contributed by atoms with Gasteiger partial charge >= 0.3 is 12.4 Å². The van der Waals surface area contributed by atoms with Crippen LogP contribution in [0, 0.1) is 5.82 Å². The van der Waals surface area contributed by atoms with E-state index < -0.39 is 35.2 Å². The largest absolute Gasteiger partial charge is 0.419 e. The molecule has 5 rings (SSSR count). The number of alkyl halides is 6. The average molecular weight is 549 g/mol. The van der Waals surface area contributed by atoms with Crippen LogP contribution in [0.4, 0.5) is 30.7 Å². The smallest absolute Gasteiger partial charge is 0.343 e. The third-order valence-corrected chi connectivity index (χ3v) is 7.19. The highest BCUT2D eigenvalue weighted by Gasteiger charge is 2.35. The van der Waals surface area contributed by atoms with Crippen molar-refractivity contribution in [2.45, 2.75) is 37.7 Å². The lowest BCUT2D eigenvalue weighted by Crippen LogP contribution is -2.38. The molecule has 0 saturated carbocycles. The molecule has 0 N–H and O–H groups in total. The zero-order valence-electron chi connectivity index (χ0n) is 20.5. The summed E-state index contributed by atoms with van der Waals surface area (Å²) in [5.41, 5.74) is 0.302. The van der Waals surface area contributed by atoms with E-state index in [1.54, 1.807) is 0 Å². The maximum absolute atomic E-state index is 13.7. The number of rotatable bonds is 4. The second-order valence-corrected chi connectivity index (χ2v) is 9.68. The average Bonchev–Trinajstić information content (AvgIpc) is 3.26. The zero-order valence-corrected chi connectivity index (χ0v) is 20.5. The summed E-state index contributed by atoms with van der Waals surface area (Å²) in [4.78, 5) is 14.4. The van der Waals surface area contributed by atoms with Crippen LogP contribution in [-0.4, -0.2) is 28.5 Å². The normalized spacial score (nSPS) is 15.2. The molecule has 4 aromatic rings. The van der Waals surface area contributed by atoms with Gasteiger partial charge in [-0.05, 0) is 66.3 Å². The summed E-state index contributed by atoms with van der Waals surface area (Å²) >= 11 is 0. The third kappa shape index (κ3) is 5.51. The number of amides is 1. The Morgan fingerprint density at radius 2 is 1.51 bits per heavy atom. The Labute approximate surface area is 219 Å². The van der Waals surface area contributed by atoms with E-state index in [1.807, 2.05) is 35.0 Å². The number of benzene rings is 3. The van der Waals surface area contributed by atoms with Crippen molar-refractivity contribution >= 4 is 16.8 Å². The summed E-state index contributed by atoms with van der Waals surface area (Å²) in [6.07, 6.45) is -6.16. The van der Waals surface area contributed by atoms with E-state index in [0.717, 1.165) is 34.7 Å². The summed E-state index contributed by atoms with van der Waals surface area (Å²) in [5, 5.41) is 1.00. The molecule has 3 nitrogen and oxygen atoms in total. The summed E-state index contributed by atoms with van der Waals surface area (Å²) in [7, 11) is 0. The maximum Gasteiger partial charge on any atom is 0.419 e. The molecule has 0 spiro atoms. The lowest BCUT2D eigenvalue weighted by atomic mass is 9.89. The Morgan fingerprint density at radius 1 is 0.846 bits per heavy atom. The molecule has 10 heteroatoms. The first kappa shape index (κ1) is 26.8. The molecule has 0 unspecified atom stereocenters. The fourth-order valence-corrected chi connectivity index (χ4v) is 5.18. The predicted octanol–water partition coefficient (Wildman–Crippen LogP) is 7.89. The minimum atomic E-state index is -4.90. The number of likely N-dealkylation sites (tertiary alicyclic amines) is 1. The van der Waals surface area contributed by atoms with Gasteiger partial charge in [-0.1, -0.05) is 30.3 Å². The van der Waals surface area contributed by atoms with Crippen molar-refractivity contribution < 1.29 is 35.5 Å². The highest BCUT2D eigenvalue weighted by Crippen LogP contribution is 2.36. The fourth-order valence-electron chi connectivity index (χ4n) is 5.18. The molecule has 2 heterocycles. The van der Waals surface area contributed by atoms with Crippen molar-refractivity contribution in [3.05, 3.63) is 107 Å². The van der Waals surface area contributed by atoms with Crippen molar-refractivity contribution in [3.8, 4) is 0 Å². The van der Waals surface area contributed by atoms with Crippen LogP contribution < -0.4 is 0 Å². The van der Waals surface area contributed by atoms with Crippen molar-refractivity contribution in [1.29, 1.82) is 0 Å². The Kier molecular flexibility index (Phi) is 6.90. The molecule has 0 atom stereocenters. The van der Waals surface area contributed by atoms with Crippen LogP contribution in [0.15, 0.2) is 72.9 Å². The number of carbonyl (C=O) groups excluding carboxylic acids is 1. The predicted molar refractivity (Wildman–Crippen MR) is 132 cm³/mol. The Balaban J connectivity index is 1.33. The number of carbonyl (C=O) groups is 1. The van der Waals surface area contributed by atoms with Crippen molar-refractivity contribution in [1.82, 2.24) is 9.47 Å². The standard InChI is InChI=1S/C29H23F7N2O/c30-25-10-7-20(15-24(25)29(34,35)36)27(39)37-13-11-19(12-14-37)23-17-38(26-4-2-1-3-22(23)26)16-18-5-8-21(9-6-18)28(31,32)33/h1-10,15,17,19H,11-14,16H2. The molecule has 1 fully saturated rings. The molecule has 3 aromatic carbocycles. The molecule has 1 aliphatic rings. The van der Waals surface area contributed by atoms with Gasteiger partial charge in [0.05, 0.1) is 11.1 Å². The molecule has 1 amide bonds. The first-order valence-electron chi connectivity index (χ1n) is 12.3. The van der Waals surface area contributed by atoms with Gasteiger partial charge in [0.25, 0.3) is 5.91 Å². The molecule has 0 radical (unpaired) electrons. The van der Waals surface area contributed by atoms with Crippen molar-refractivity contribution in [2.24, 2.45) is 0 Å². The molecule has 39 heavy (non-hydrogen) atoms. The lowest BCUT2D eigenvalue weighted by molar-refractivity contribution is -0.140. The topological polar surface area (TPSA) is 25.2 Å². The van der Waals surface area contributed by atoms with Crippen LogP contribution in [0.2, 0.25) is 0 Å². The molecular weight excluding hydrogens is 525 g/mol. The summed E-state index contributed by atoms with van der Waals surface area (Å²) < 4.78 is 93.7. The van der Waals surface area contributed by atoms with E-state index in [4.69, 9.17) is 0 Å². The molecule has 1 aromatic heterocycles. The number of aromatic nitrogens is 1. The number of para-hydroxylation sites is 1. The van der Waals surface area contributed by atoms with Crippen LogP contribution in [0.3, 0.4) is 0 Å². The Hall–Kier alpha value is -3.82. The minimum absolute atomic E-state index is 0.0757. The van der Waals surface area contributed by atoms with Gasteiger partial charge in [0.1, 0.15) is 5.82 Å². The Morgan fingerprint density at radius 3 is 2.15 bits per heavy atom. The number of piperidine rings is 1. The highest BCUT2D eigenvalue weighted by molar-refractivity contribution is 5.94. The number of nitrogens with zero attached hydrogens (tertiary/aromatic N) is 2. The first-order valence-corrected chi connectivity index (χ1v) is 12.3. The van der Waals surface area contributed by atoms with Gasteiger partial charge < -0.3 is 9.47 Å². The molecule has 204 valence electrons. The van der Waals surface area contributed by atoms with Crippen LogP contribution in [-0.2, 0) is 18.9 Å². The van der Waals surface area contributed by atoms with Crippen LogP contribution in [0.25, 0.3) is 10.9 Å². The van der Waals surface area contributed by atoms with E-state index in [-0.39, 0.29) is 11.5 Å². The van der Waals surface area contributed by atoms with Crippen LogP contribution in [0.1, 0.15) is 51.4 Å². The minimum Gasteiger partial charge on any atom is -0.343 e. The van der Waals surface area contributed by atoms with Crippen molar-refractivity contribution in [2.75, 3.05) is 13.1 Å². The van der Waals surface area contributed by atoms with Gasteiger partial charge in [0.15, 0.2) is 0 Å².